The summed E-state index contributed by atoms with van der Waals surface area (Å²) in [5, 5.41) is 0.849. The van der Waals surface area contributed by atoms with Gasteiger partial charge in [0.15, 0.2) is 0 Å². The highest BCUT2D eigenvalue weighted by atomic mass is 35.5. The molecule has 0 aliphatic carbocycles. The van der Waals surface area contributed by atoms with E-state index in [4.69, 9.17) is 27.9 Å². The minimum atomic E-state index is -0.299. The van der Waals surface area contributed by atoms with Crippen molar-refractivity contribution in [1.82, 2.24) is 9.80 Å². The second-order valence-electron chi connectivity index (χ2n) is 5.71. The molecule has 128 valence electrons. The molecule has 1 aromatic rings. The summed E-state index contributed by atoms with van der Waals surface area (Å²) in [4.78, 5) is 29.0. The summed E-state index contributed by atoms with van der Waals surface area (Å²) in [7, 11) is 0. The fourth-order valence-corrected chi connectivity index (χ4v) is 3.51. The molecule has 1 fully saturated rings. The van der Waals surface area contributed by atoms with Crippen molar-refractivity contribution in [2.24, 2.45) is 0 Å². The maximum absolute atomic E-state index is 12.9. The third-order valence-corrected chi connectivity index (χ3v) is 4.67. The lowest BCUT2D eigenvalue weighted by Gasteiger charge is -2.29. The largest absolute Gasteiger partial charge is 0.378 e. The lowest BCUT2D eigenvalue weighted by Crippen LogP contribution is -2.40. The molecule has 0 radical (unpaired) electrons. The minimum Gasteiger partial charge on any atom is -0.378 e. The standard InChI is InChI=1S/C17H18Cl2N2O3/c1-2-5-21-16(22)14(12-4-3-11(18)10-13(12)19)15(17(21)23)20-6-8-24-9-7-20/h3-4,10H,2,5-9H2,1H3. The highest BCUT2D eigenvalue weighted by Gasteiger charge is 2.41. The van der Waals surface area contributed by atoms with Crippen LogP contribution in [0.15, 0.2) is 23.9 Å². The van der Waals surface area contributed by atoms with E-state index in [2.05, 4.69) is 0 Å². The minimum absolute atomic E-state index is 0.259. The van der Waals surface area contributed by atoms with E-state index in [-0.39, 0.29) is 11.8 Å². The zero-order valence-corrected chi connectivity index (χ0v) is 14.9. The summed E-state index contributed by atoms with van der Waals surface area (Å²) >= 11 is 12.3. The maximum atomic E-state index is 12.9. The predicted octanol–water partition coefficient (Wildman–Crippen LogP) is 2.82. The van der Waals surface area contributed by atoms with Crippen LogP contribution >= 0.6 is 23.2 Å². The molecule has 3 rings (SSSR count). The van der Waals surface area contributed by atoms with Crippen LogP contribution in [0.25, 0.3) is 5.57 Å². The van der Waals surface area contributed by atoms with Crippen LogP contribution in [0.5, 0.6) is 0 Å². The molecule has 1 saturated heterocycles. The van der Waals surface area contributed by atoms with Gasteiger partial charge in [-0.05, 0) is 18.6 Å². The third-order valence-electron chi connectivity index (χ3n) is 4.12. The van der Waals surface area contributed by atoms with Crippen molar-refractivity contribution in [2.75, 3.05) is 32.8 Å². The van der Waals surface area contributed by atoms with E-state index in [0.29, 0.717) is 66.1 Å². The van der Waals surface area contributed by atoms with Gasteiger partial charge in [0.1, 0.15) is 5.70 Å². The summed E-state index contributed by atoms with van der Waals surface area (Å²) < 4.78 is 5.36. The molecule has 0 spiro atoms. The first-order valence-corrected chi connectivity index (χ1v) is 8.68. The van der Waals surface area contributed by atoms with Gasteiger partial charge in [-0.1, -0.05) is 36.2 Å². The first kappa shape index (κ1) is 17.3. The Morgan fingerprint density at radius 1 is 1.12 bits per heavy atom. The Morgan fingerprint density at radius 2 is 1.83 bits per heavy atom. The summed E-state index contributed by atoms with van der Waals surface area (Å²) in [5.41, 5.74) is 1.32. The number of amides is 2. The monoisotopic (exact) mass is 368 g/mol. The molecule has 0 bridgehead atoms. The molecule has 1 aromatic carbocycles. The second-order valence-corrected chi connectivity index (χ2v) is 6.55. The molecular weight excluding hydrogens is 351 g/mol. The summed E-state index contributed by atoms with van der Waals surface area (Å²) in [5.74, 6) is -0.558. The first-order valence-electron chi connectivity index (χ1n) is 7.93. The Morgan fingerprint density at radius 3 is 2.46 bits per heavy atom. The summed E-state index contributed by atoms with van der Waals surface area (Å²) in [6.45, 7) is 4.52. The second kappa shape index (κ2) is 7.13. The SMILES string of the molecule is CCCN1C(=O)C(c2ccc(Cl)cc2Cl)=C(N2CCOCC2)C1=O. The summed E-state index contributed by atoms with van der Waals surface area (Å²) in [6, 6.07) is 4.95. The smallest absolute Gasteiger partial charge is 0.277 e. The van der Waals surface area contributed by atoms with E-state index >= 15 is 0 Å². The first-order chi connectivity index (χ1) is 11.5. The highest BCUT2D eigenvalue weighted by Crippen LogP contribution is 2.36. The molecule has 2 amide bonds. The van der Waals surface area contributed by atoms with Crippen molar-refractivity contribution in [2.45, 2.75) is 13.3 Å². The Bertz CT molecular complexity index is 712. The number of hydrogen-bond acceptors (Lipinski definition) is 4. The average Bonchev–Trinajstić information content (AvgIpc) is 2.81. The Hall–Kier alpha value is -1.56. The Labute approximate surface area is 150 Å². The van der Waals surface area contributed by atoms with Gasteiger partial charge in [0.25, 0.3) is 11.8 Å². The normalized spacial score (nSPS) is 18.8. The predicted molar refractivity (Wildman–Crippen MR) is 92.8 cm³/mol. The van der Waals surface area contributed by atoms with Crippen molar-refractivity contribution in [3.63, 3.8) is 0 Å². The quantitative estimate of drug-likeness (QED) is 0.766. The zero-order valence-electron chi connectivity index (χ0n) is 13.3. The van der Waals surface area contributed by atoms with Crippen molar-refractivity contribution in [1.29, 1.82) is 0 Å². The van der Waals surface area contributed by atoms with Crippen molar-refractivity contribution >= 4 is 40.6 Å². The number of morpholine rings is 1. The topological polar surface area (TPSA) is 49.9 Å². The molecule has 2 aliphatic rings. The number of carbonyl (C=O) groups excluding carboxylic acids is 2. The molecule has 0 N–H and O–H groups in total. The van der Waals surface area contributed by atoms with E-state index in [9.17, 15) is 9.59 Å². The molecule has 24 heavy (non-hydrogen) atoms. The Kier molecular flexibility index (Phi) is 5.13. The number of rotatable bonds is 4. The molecule has 0 unspecified atom stereocenters. The van der Waals surface area contributed by atoms with Crippen LogP contribution in [0.3, 0.4) is 0 Å². The third kappa shape index (κ3) is 3.04. The van der Waals surface area contributed by atoms with E-state index in [0.717, 1.165) is 0 Å². The summed E-state index contributed by atoms with van der Waals surface area (Å²) in [6.07, 6.45) is 0.704. The van der Waals surface area contributed by atoms with Crippen LogP contribution < -0.4 is 0 Å². The lowest BCUT2D eigenvalue weighted by atomic mass is 10.0. The van der Waals surface area contributed by atoms with Gasteiger partial charge in [-0.25, -0.2) is 0 Å². The molecule has 2 aliphatic heterocycles. The van der Waals surface area contributed by atoms with Crippen LogP contribution in [0, 0.1) is 0 Å². The van der Waals surface area contributed by atoms with E-state index in [1.165, 1.54) is 4.90 Å². The lowest BCUT2D eigenvalue weighted by molar-refractivity contribution is -0.137. The van der Waals surface area contributed by atoms with Gasteiger partial charge >= 0.3 is 0 Å². The fraction of sp³-hybridized carbons (Fsp3) is 0.412. The Balaban J connectivity index is 2.11. The molecular formula is C17H18Cl2N2O3. The molecule has 7 heteroatoms. The zero-order chi connectivity index (χ0) is 17.3. The van der Waals surface area contributed by atoms with Crippen molar-refractivity contribution < 1.29 is 14.3 Å². The number of benzene rings is 1. The molecule has 0 saturated carbocycles. The van der Waals surface area contributed by atoms with Crippen molar-refractivity contribution in [3.8, 4) is 0 Å². The maximum Gasteiger partial charge on any atom is 0.277 e. The van der Waals surface area contributed by atoms with Gasteiger partial charge in [-0.3, -0.25) is 14.5 Å². The molecule has 5 nitrogen and oxygen atoms in total. The number of nitrogens with zero attached hydrogens (tertiary/aromatic N) is 2. The van der Waals surface area contributed by atoms with Gasteiger partial charge in [0, 0.05) is 30.2 Å². The van der Waals surface area contributed by atoms with Crippen LogP contribution in [0.1, 0.15) is 18.9 Å². The van der Waals surface area contributed by atoms with Crippen molar-refractivity contribution in [3.05, 3.63) is 39.5 Å². The van der Waals surface area contributed by atoms with Gasteiger partial charge in [0.05, 0.1) is 23.8 Å². The number of halogens is 2. The number of imide groups is 1. The van der Waals surface area contributed by atoms with Crippen LogP contribution in [-0.4, -0.2) is 54.5 Å². The van der Waals surface area contributed by atoms with Crippen LogP contribution in [0.2, 0.25) is 10.0 Å². The average molecular weight is 369 g/mol. The van der Waals surface area contributed by atoms with Gasteiger partial charge in [0.2, 0.25) is 0 Å². The fourth-order valence-electron chi connectivity index (χ4n) is 3.01. The number of carbonyl (C=O) groups is 2. The molecule has 0 atom stereocenters. The van der Waals surface area contributed by atoms with Gasteiger partial charge in [-0.15, -0.1) is 0 Å². The number of ether oxygens (including phenoxy) is 1. The van der Waals surface area contributed by atoms with E-state index in [1.54, 1.807) is 18.2 Å². The van der Waals surface area contributed by atoms with Crippen LogP contribution in [-0.2, 0) is 14.3 Å². The highest BCUT2D eigenvalue weighted by molar-refractivity contribution is 6.41. The van der Waals surface area contributed by atoms with E-state index in [1.807, 2.05) is 11.8 Å². The van der Waals surface area contributed by atoms with Gasteiger partial charge < -0.3 is 9.64 Å². The van der Waals surface area contributed by atoms with E-state index < -0.39 is 0 Å². The van der Waals surface area contributed by atoms with Crippen LogP contribution in [0.4, 0.5) is 0 Å². The molecule has 0 aromatic heterocycles. The van der Waals surface area contributed by atoms with Gasteiger partial charge in [-0.2, -0.15) is 0 Å². The molecule has 2 heterocycles. The number of hydrogen-bond donors (Lipinski definition) is 0.